The number of rotatable bonds is 7. The fourth-order valence-corrected chi connectivity index (χ4v) is 3.44. The van der Waals surface area contributed by atoms with Crippen molar-refractivity contribution in [3.8, 4) is 0 Å². The predicted octanol–water partition coefficient (Wildman–Crippen LogP) is 3.47. The van der Waals surface area contributed by atoms with E-state index in [1.165, 1.54) is 19.3 Å². The first-order chi connectivity index (χ1) is 12.1. The van der Waals surface area contributed by atoms with Crippen molar-refractivity contribution < 1.29 is 19.4 Å². The minimum absolute atomic E-state index is 0.0243. The largest absolute Gasteiger partial charge is 0.459 e. The number of likely N-dealkylation sites (tertiary alicyclic amines) is 1. The molecular weight excluding hydrogens is 318 g/mol. The van der Waals surface area contributed by atoms with Crippen molar-refractivity contribution in [1.29, 1.82) is 0 Å². The van der Waals surface area contributed by atoms with E-state index >= 15 is 0 Å². The number of ether oxygens (including phenoxy) is 2. The molecule has 0 aliphatic carbocycles. The molecule has 2 heterocycles. The first kappa shape index (κ1) is 20.2. The predicted molar refractivity (Wildman–Crippen MR) is 97.8 cm³/mol. The van der Waals surface area contributed by atoms with Crippen LogP contribution in [0.1, 0.15) is 65.2 Å². The van der Waals surface area contributed by atoms with E-state index in [-0.39, 0.29) is 18.8 Å². The van der Waals surface area contributed by atoms with Gasteiger partial charge in [0.05, 0.1) is 6.61 Å². The van der Waals surface area contributed by atoms with E-state index < -0.39 is 0 Å². The molecule has 0 aromatic heterocycles. The minimum Gasteiger partial charge on any atom is -0.459 e. The van der Waals surface area contributed by atoms with E-state index in [1.54, 1.807) is 0 Å². The lowest BCUT2D eigenvalue weighted by atomic mass is 9.90. The topological polar surface area (TPSA) is 59.0 Å². The number of aliphatic hydroxyl groups excluding tert-OH is 1. The highest BCUT2D eigenvalue weighted by atomic mass is 16.7. The van der Waals surface area contributed by atoms with Gasteiger partial charge in [-0.05, 0) is 43.6 Å². The van der Waals surface area contributed by atoms with Crippen LogP contribution in [0.4, 0.5) is 0 Å². The van der Waals surface area contributed by atoms with Crippen LogP contribution in [0.5, 0.6) is 0 Å². The molecule has 1 fully saturated rings. The number of carbonyl (C=O) groups is 1. The van der Waals surface area contributed by atoms with Gasteiger partial charge in [-0.15, -0.1) is 0 Å². The second kappa shape index (κ2) is 10.8. The summed E-state index contributed by atoms with van der Waals surface area (Å²) < 4.78 is 11.8. The smallest absolute Gasteiger partial charge is 0.288 e. The fourth-order valence-electron chi connectivity index (χ4n) is 3.44. The quantitative estimate of drug-likeness (QED) is 0.712. The maximum atomic E-state index is 13.0. The van der Waals surface area contributed by atoms with E-state index in [0.717, 1.165) is 45.2 Å². The number of hydrogen-bond donors (Lipinski definition) is 1. The Morgan fingerprint density at radius 2 is 1.92 bits per heavy atom. The van der Waals surface area contributed by atoms with Crippen LogP contribution >= 0.6 is 0 Å². The molecule has 2 aliphatic heterocycles. The Balaban J connectivity index is 1.98. The molecule has 0 aromatic rings. The van der Waals surface area contributed by atoms with Gasteiger partial charge in [0, 0.05) is 26.1 Å². The monoisotopic (exact) mass is 353 g/mol. The number of nitrogens with zero attached hydrogens (tertiary/aromatic N) is 1. The molecule has 1 saturated heterocycles. The summed E-state index contributed by atoms with van der Waals surface area (Å²) in [5.41, 5.74) is 0. The number of unbranched alkanes of at least 4 members (excludes halogenated alkanes) is 1. The lowest BCUT2D eigenvalue weighted by Crippen LogP contribution is -2.39. The highest BCUT2D eigenvalue weighted by molar-refractivity contribution is 5.91. The van der Waals surface area contributed by atoms with E-state index in [9.17, 15) is 4.79 Å². The zero-order valence-electron chi connectivity index (χ0n) is 15.9. The molecule has 2 rings (SSSR count). The molecule has 25 heavy (non-hydrogen) atoms. The lowest BCUT2D eigenvalue weighted by molar-refractivity contribution is -0.156. The van der Waals surface area contributed by atoms with Crippen LogP contribution in [0.15, 0.2) is 11.8 Å². The molecule has 0 bridgehead atoms. The first-order valence-electron chi connectivity index (χ1n) is 10.0. The van der Waals surface area contributed by atoms with E-state index in [0.29, 0.717) is 24.2 Å². The molecule has 5 nitrogen and oxygen atoms in total. The summed E-state index contributed by atoms with van der Waals surface area (Å²) in [7, 11) is 0. The molecule has 2 aliphatic rings. The van der Waals surface area contributed by atoms with Crippen molar-refractivity contribution in [3.63, 3.8) is 0 Å². The molecule has 1 N–H and O–H groups in total. The summed E-state index contributed by atoms with van der Waals surface area (Å²) in [5, 5.41) is 8.87. The molecule has 0 radical (unpaired) electrons. The van der Waals surface area contributed by atoms with Gasteiger partial charge >= 0.3 is 0 Å². The number of amides is 1. The number of carbonyl (C=O) groups excluding carboxylic acids is 1. The standard InChI is InChI=1S/C20H35NO4/c1-16(2)17-14-18(25-19(15-17)24-13-9-8-12-22)20(23)21-10-6-4-3-5-7-11-21/h14,16-17,19,22H,3-13,15H2,1-2H3/t17-,19+/m1/s1. The maximum Gasteiger partial charge on any atom is 0.288 e. The summed E-state index contributed by atoms with van der Waals surface area (Å²) in [6, 6.07) is 0. The van der Waals surface area contributed by atoms with Gasteiger partial charge in [-0.25, -0.2) is 0 Å². The summed E-state index contributed by atoms with van der Waals surface area (Å²) in [6.45, 7) is 6.74. The summed E-state index contributed by atoms with van der Waals surface area (Å²) in [6.07, 6.45) is 9.82. The van der Waals surface area contributed by atoms with Crippen LogP contribution in [0, 0.1) is 11.8 Å². The maximum absolute atomic E-state index is 13.0. The van der Waals surface area contributed by atoms with Crippen molar-refractivity contribution in [2.24, 2.45) is 11.8 Å². The van der Waals surface area contributed by atoms with Crippen LogP contribution in [0.25, 0.3) is 0 Å². The summed E-state index contributed by atoms with van der Waals surface area (Å²) >= 11 is 0. The molecule has 144 valence electrons. The van der Waals surface area contributed by atoms with Crippen molar-refractivity contribution in [2.75, 3.05) is 26.3 Å². The van der Waals surface area contributed by atoms with Crippen molar-refractivity contribution >= 4 is 5.91 Å². The Labute approximate surface area is 152 Å². The third kappa shape index (κ3) is 6.63. The third-order valence-corrected chi connectivity index (χ3v) is 5.16. The van der Waals surface area contributed by atoms with Crippen LogP contribution in [0.3, 0.4) is 0 Å². The van der Waals surface area contributed by atoms with Crippen LogP contribution in [0.2, 0.25) is 0 Å². The summed E-state index contributed by atoms with van der Waals surface area (Å²) in [5.74, 6) is 1.24. The zero-order valence-corrected chi connectivity index (χ0v) is 15.9. The van der Waals surface area contributed by atoms with Gasteiger partial charge in [-0.3, -0.25) is 4.79 Å². The van der Waals surface area contributed by atoms with Crippen LogP contribution < -0.4 is 0 Å². The Bertz CT molecular complexity index is 427. The summed E-state index contributed by atoms with van der Waals surface area (Å²) in [4.78, 5) is 14.9. The van der Waals surface area contributed by atoms with Gasteiger partial charge in [0.2, 0.25) is 6.29 Å². The van der Waals surface area contributed by atoms with Gasteiger partial charge < -0.3 is 19.5 Å². The van der Waals surface area contributed by atoms with Gasteiger partial charge in [-0.1, -0.05) is 33.1 Å². The van der Waals surface area contributed by atoms with Gasteiger partial charge in [0.25, 0.3) is 5.91 Å². The Morgan fingerprint density at radius 1 is 1.24 bits per heavy atom. The second-order valence-electron chi connectivity index (χ2n) is 7.58. The van der Waals surface area contributed by atoms with E-state index in [1.807, 2.05) is 11.0 Å². The second-order valence-corrected chi connectivity index (χ2v) is 7.58. The lowest BCUT2D eigenvalue weighted by Gasteiger charge is -2.33. The molecule has 1 amide bonds. The molecule has 0 aromatic carbocycles. The van der Waals surface area contributed by atoms with E-state index in [4.69, 9.17) is 14.6 Å². The minimum atomic E-state index is -0.357. The molecule has 0 unspecified atom stereocenters. The first-order valence-corrected chi connectivity index (χ1v) is 10.0. The normalized spacial score (nSPS) is 25.1. The fraction of sp³-hybridized carbons (Fsp3) is 0.850. The van der Waals surface area contributed by atoms with Crippen molar-refractivity contribution in [1.82, 2.24) is 4.90 Å². The molecule has 5 heteroatoms. The Morgan fingerprint density at radius 3 is 2.56 bits per heavy atom. The van der Waals surface area contributed by atoms with Crippen molar-refractivity contribution in [3.05, 3.63) is 11.8 Å². The van der Waals surface area contributed by atoms with Crippen molar-refractivity contribution in [2.45, 2.75) is 71.5 Å². The number of hydrogen-bond acceptors (Lipinski definition) is 4. The number of allylic oxidation sites excluding steroid dienone is 1. The third-order valence-electron chi connectivity index (χ3n) is 5.16. The average Bonchev–Trinajstić information content (AvgIpc) is 2.57. The molecule has 2 atom stereocenters. The highest BCUT2D eigenvalue weighted by Crippen LogP contribution is 2.30. The van der Waals surface area contributed by atoms with Gasteiger partial charge in [0.15, 0.2) is 5.76 Å². The van der Waals surface area contributed by atoms with Gasteiger partial charge in [0.1, 0.15) is 0 Å². The Hall–Kier alpha value is -1.07. The molecule has 0 saturated carbocycles. The van der Waals surface area contributed by atoms with E-state index in [2.05, 4.69) is 13.8 Å². The zero-order chi connectivity index (χ0) is 18.1. The van der Waals surface area contributed by atoms with Gasteiger partial charge in [-0.2, -0.15) is 0 Å². The Kier molecular flexibility index (Phi) is 8.76. The van der Waals surface area contributed by atoms with Crippen LogP contribution in [-0.2, 0) is 14.3 Å². The highest BCUT2D eigenvalue weighted by Gasteiger charge is 2.31. The molecular formula is C20H35NO4. The SMILES string of the molecule is CC(C)[C@@H]1C=C(C(=O)N2CCCCCCC2)O[C@H](OCCCCO)C1. The van der Waals surface area contributed by atoms with Crippen LogP contribution in [-0.4, -0.2) is 48.5 Å². The molecule has 0 spiro atoms. The average molecular weight is 354 g/mol. The number of aliphatic hydroxyl groups is 1.